The number of hydrogen-bond acceptors (Lipinski definition) is 3. The van der Waals surface area contributed by atoms with Gasteiger partial charge in [0.15, 0.2) is 0 Å². The number of nitrogens with zero attached hydrogens (tertiary/aromatic N) is 1. The number of piperidine rings is 1. The number of carbonyl (C=O) groups is 2. The van der Waals surface area contributed by atoms with Crippen molar-refractivity contribution in [1.82, 2.24) is 20.9 Å². The van der Waals surface area contributed by atoms with Crippen molar-refractivity contribution in [1.29, 1.82) is 0 Å². The smallest absolute Gasteiger partial charge is 0.315 e. The van der Waals surface area contributed by atoms with Gasteiger partial charge in [0, 0.05) is 37.6 Å². The van der Waals surface area contributed by atoms with Gasteiger partial charge in [-0.1, -0.05) is 19.3 Å². The highest BCUT2D eigenvalue weighted by Gasteiger charge is 2.27. The van der Waals surface area contributed by atoms with Crippen LogP contribution in [0, 0.1) is 0 Å². The molecular formula is C18H33ClN4O2. The zero-order valence-electron chi connectivity index (χ0n) is 15.1. The molecule has 2 heterocycles. The van der Waals surface area contributed by atoms with Gasteiger partial charge in [-0.25, -0.2) is 4.79 Å². The Kier molecular flexibility index (Phi) is 8.30. The van der Waals surface area contributed by atoms with Gasteiger partial charge in [0.05, 0.1) is 0 Å². The summed E-state index contributed by atoms with van der Waals surface area (Å²) in [5, 5.41) is 9.60. The van der Waals surface area contributed by atoms with E-state index in [2.05, 4.69) is 16.0 Å². The van der Waals surface area contributed by atoms with E-state index in [0.29, 0.717) is 18.5 Å². The second kappa shape index (κ2) is 10.2. The van der Waals surface area contributed by atoms with Crippen molar-refractivity contribution in [3.8, 4) is 0 Å². The van der Waals surface area contributed by atoms with Crippen molar-refractivity contribution in [3.63, 3.8) is 0 Å². The van der Waals surface area contributed by atoms with E-state index in [1.165, 1.54) is 25.7 Å². The highest BCUT2D eigenvalue weighted by molar-refractivity contribution is 5.85. The average molecular weight is 373 g/mol. The fraction of sp³-hybridized carbons (Fsp3) is 0.889. The Balaban J connectivity index is 0.00000225. The molecule has 1 aliphatic carbocycles. The summed E-state index contributed by atoms with van der Waals surface area (Å²) in [4.78, 5) is 26.4. The molecule has 0 aromatic heterocycles. The minimum absolute atomic E-state index is 0. The Labute approximate surface area is 157 Å². The quantitative estimate of drug-likeness (QED) is 0.708. The molecule has 0 radical (unpaired) electrons. The summed E-state index contributed by atoms with van der Waals surface area (Å²) in [6.45, 7) is 2.57. The third-order valence-corrected chi connectivity index (χ3v) is 5.71. The molecule has 2 aliphatic heterocycles. The van der Waals surface area contributed by atoms with E-state index in [9.17, 15) is 9.59 Å². The molecule has 0 aromatic carbocycles. The Morgan fingerprint density at radius 3 is 2.12 bits per heavy atom. The van der Waals surface area contributed by atoms with Crippen LogP contribution in [0.3, 0.4) is 0 Å². The maximum Gasteiger partial charge on any atom is 0.315 e. The SMILES string of the molecule is Cl.O=C(NC1CCCCC1)NC1CCN(C(=O)CC2CCCN2)CC1. The number of nitrogens with one attached hydrogen (secondary N) is 3. The summed E-state index contributed by atoms with van der Waals surface area (Å²) in [6, 6.07) is 0.887. The Hall–Kier alpha value is -1.01. The Bertz CT molecular complexity index is 429. The lowest BCUT2D eigenvalue weighted by Crippen LogP contribution is -2.51. The van der Waals surface area contributed by atoms with Crippen LogP contribution in [0.5, 0.6) is 0 Å². The van der Waals surface area contributed by atoms with Crippen LogP contribution >= 0.6 is 12.4 Å². The highest BCUT2D eigenvalue weighted by Crippen LogP contribution is 2.18. The van der Waals surface area contributed by atoms with Crippen molar-refractivity contribution < 1.29 is 9.59 Å². The first-order valence-corrected chi connectivity index (χ1v) is 9.79. The first-order valence-electron chi connectivity index (χ1n) is 9.79. The number of amides is 3. The number of halogens is 1. The molecule has 144 valence electrons. The lowest BCUT2D eigenvalue weighted by atomic mass is 9.96. The lowest BCUT2D eigenvalue weighted by molar-refractivity contribution is -0.132. The molecule has 3 aliphatic rings. The number of hydrogen-bond donors (Lipinski definition) is 3. The summed E-state index contributed by atoms with van der Waals surface area (Å²) in [5.74, 6) is 0.263. The van der Waals surface area contributed by atoms with Gasteiger partial charge in [-0.15, -0.1) is 12.4 Å². The second-order valence-electron chi connectivity index (χ2n) is 7.61. The average Bonchev–Trinajstić information content (AvgIpc) is 3.09. The first-order chi connectivity index (χ1) is 11.7. The molecule has 1 unspecified atom stereocenters. The summed E-state index contributed by atoms with van der Waals surface area (Å²) in [6.07, 6.45) is 10.6. The van der Waals surface area contributed by atoms with Crippen molar-refractivity contribution in [2.24, 2.45) is 0 Å². The largest absolute Gasteiger partial charge is 0.342 e. The Morgan fingerprint density at radius 1 is 0.880 bits per heavy atom. The normalized spacial score (nSPS) is 25.3. The van der Waals surface area contributed by atoms with Crippen LogP contribution in [-0.2, 0) is 4.79 Å². The summed E-state index contributed by atoms with van der Waals surface area (Å²) < 4.78 is 0. The van der Waals surface area contributed by atoms with Gasteiger partial charge in [-0.05, 0) is 45.1 Å². The van der Waals surface area contributed by atoms with Crippen molar-refractivity contribution >= 4 is 24.3 Å². The van der Waals surface area contributed by atoms with Crippen molar-refractivity contribution in [2.45, 2.75) is 82.3 Å². The number of carbonyl (C=O) groups excluding carboxylic acids is 2. The summed E-state index contributed by atoms with van der Waals surface area (Å²) >= 11 is 0. The van der Waals surface area contributed by atoms with Crippen molar-refractivity contribution in [2.75, 3.05) is 19.6 Å². The summed E-state index contributed by atoms with van der Waals surface area (Å²) in [5.41, 5.74) is 0. The maximum atomic E-state index is 12.3. The highest BCUT2D eigenvalue weighted by atomic mass is 35.5. The van der Waals surface area contributed by atoms with Crippen LogP contribution in [0.15, 0.2) is 0 Å². The molecular weight excluding hydrogens is 340 g/mol. The van der Waals surface area contributed by atoms with Crippen molar-refractivity contribution in [3.05, 3.63) is 0 Å². The van der Waals surface area contributed by atoms with Gasteiger partial charge in [0.1, 0.15) is 0 Å². The van der Waals surface area contributed by atoms with Gasteiger partial charge in [-0.2, -0.15) is 0 Å². The topological polar surface area (TPSA) is 73.5 Å². The fourth-order valence-corrected chi connectivity index (χ4v) is 4.20. The van der Waals surface area contributed by atoms with Crippen LogP contribution in [0.2, 0.25) is 0 Å². The van der Waals surface area contributed by atoms with E-state index in [-0.39, 0.29) is 30.4 Å². The zero-order valence-corrected chi connectivity index (χ0v) is 15.9. The first kappa shape index (κ1) is 20.3. The summed E-state index contributed by atoms with van der Waals surface area (Å²) in [7, 11) is 0. The van der Waals surface area contributed by atoms with Crippen LogP contribution in [0.1, 0.15) is 64.2 Å². The van der Waals surface area contributed by atoms with E-state index in [1.807, 2.05) is 4.90 Å². The van der Waals surface area contributed by atoms with E-state index < -0.39 is 0 Å². The third kappa shape index (κ3) is 6.33. The lowest BCUT2D eigenvalue weighted by Gasteiger charge is -2.33. The molecule has 3 N–H and O–H groups in total. The second-order valence-corrected chi connectivity index (χ2v) is 7.61. The van der Waals surface area contributed by atoms with Crippen LogP contribution in [0.25, 0.3) is 0 Å². The number of likely N-dealkylation sites (tertiary alicyclic amines) is 1. The van der Waals surface area contributed by atoms with Gasteiger partial charge < -0.3 is 20.9 Å². The molecule has 0 aromatic rings. The fourth-order valence-electron chi connectivity index (χ4n) is 4.20. The molecule has 3 fully saturated rings. The van der Waals surface area contributed by atoms with Gasteiger partial charge in [0.2, 0.25) is 5.91 Å². The van der Waals surface area contributed by atoms with E-state index >= 15 is 0 Å². The molecule has 3 amide bonds. The minimum Gasteiger partial charge on any atom is -0.342 e. The predicted molar refractivity (Wildman–Crippen MR) is 101 cm³/mol. The molecule has 0 spiro atoms. The van der Waals surface area contributed by atoms with E-state index in [1.54, 1.807) is 0 Å². The Morgan fingerprint density at radius 2 is 1.52 bits per heavy atom. The van der Waals surface area contributed by atoms with Crippen LogP contribution < -0.4 is 16.0 Å². The molecule has 3 rings (SSSR count). The maximum absolute atomic E-state index is 12.3. The van der Waals surface area contributed by atoms with E-state index in [0.717, 1.165) is 51.7 Å². The molecule has 1 atom stereocenters. The number of urea groups is 1. The van der Waals surface area contributed by atoms with Gasteiger partial charge >= 0.3 is 6.03 Å². The monoisotopic (exact) mass is 372 g/mol. The molecule has 25 heavy (non-hydrogen) atoms. The molecule has 7 heteroatoms. The molecule has 1 saturated carbocycles. The minimum atomic E-state index is -0.0261. The van der Waals surface area contributed by atoms with Crippen LogP contribution in [0.4, 0.5) is 4.79 Å². The standard InChI is InChI=1S/C18H32N4O2.ClH/c23-17(13-16-7-4-10-19-16)22-11-8-15(9-12-22)21-18(24)20-14-5-2-1-3-6-14;/h14-16,19H,1-13H2,(H2,20,21,24);1H. The number of rotatable bonds is 4. The zero-order chi connectivity index (χ0) is 16.8. The molecule has 2 saturated heterocycles. The van der Waals surface area contributed by atoms with Gasteiger partial charge in [0.25, 0.3) is 0 Å². The van der Waals surface area contributed by atoms with Crippen LogP contribution in [-0.4, -0.2) is 54.6 Å². The predicted octanol–water partition coefficient (Wildman–Crippen LogP) is 2.17. The van der Waals surface area contributed by atoms with E-state index in [4.69, 9.17) is 0 Å². The third-order valence-electron chi connectivity index (χ3n) is 5.71. The molecule has 6 nitrogen and oxygen atoms in total. The van der Waals surface area contributed by atoms with Gasteiger partial charge in [-0.3, -0.25) is 4.79 Å². The molecule has 0 bridgehead atoms.